The van der Waals surface area contributed by atoms with E-state index in [1.54, 1.807) is 7.11 Å². The molecule has 0 aromatic heterocycles. The van der Waals surface area contributed by atoms with Crippen LogP contribution < -0.4 is 5.46 Å². The third kappa shape index (κ3) is 6.45. The second-order valence-corrected chi connectivity index (χ2v) is 4.24. The van der Waals surface area contributed by atoms with Gasteiger partial charge < -0.3 is 24.3 Å². The van der Waals surface area contributed by atoms with Crippen LogP contribution in [0.2, 0.25) is 0 Å². The fourth-order valence-electron chi connectivity index (χ4n) is 1.53. The van der Waals surface area contributed by atoms with E-state index in [0.29, 0.717) is 32.0 Å². The molecule has 0 fully saturated rings. The minimum absolute atomic E-state index is 0.123. The molecule has 0 saturated carbocycles. The molecule has 2 N–H and O–H groups in total. The van der Waals surface area contributed by atoms with Crippen molar-refractivity contribution >= 4 is 12.6 Å². The molecule has 5 nitrogen and oxygen atoms in total. The molecule has 1 aromatic rings. The van der Waals surface area contributed by atoms with Crippen molar-refractivity contribution in [2.45, 2.75) is 13.0 Å². The molecule has 0 aliphatic rings. The first-order chi connectivity index (χ1) is 9.65. The summed E-state index contributed by atoms with van der Waals surface area (Å²) in [4.78, 5) is 0. The minimum Gasteiger partial charge on any atom is -0.423 e. The Bertz CT molecular complexity index is 389. The molecule has 0 aliphatic carbocycles. The van der Waals surface area contributed by atoms with Crippen molar-refractivity contribution in [3.05, 3.63) is 29.6 Å². The maximum absolute atomic E-state index is 13.6. The van der Waals surface area contributed by atoms with Crippen LogP contribution in [0, 0.1) is 5.82 Å². The monoisotopic (exact) mass is 286 g/mol. The van der Waals surface area contributed by atoms with Crippen LogP contribution in [0.4, 0.5) is 4.39 Å². The fourth-order valence-corrected chi connectivity index (χ4v) is 1.53. The van der Waals surface area contributed by atoms with Gasteiger partial charge in [-0.25, -0.2) is 4.39 Å². The summed E-state index contributed by atoms with van der Waals surface area (Å²) in [6.45, 7) is 2.30. The molecule has 0 bridgehead atoms. The Balaban J connectivity index is 2.19. The van der Waals surface area contributed by atoms with Crippen molar-refractivity contribution < 1.29 is 28.6 Å². The highest BCUT2D eigenvalue weighted by atomic mass is 19.1. The summed E-state index contributed by atoms with van der Waals surface area (Å²) < 4.78 is 29.0. The number of halogens is 1. The molecular weight excluding hydrogens is 266 g/mol. The average Bonchev–Trinajstić information content (AvgIpc) is 2.43. The number of benzene rings is 1. The van der Waals surface area contributed by atoms with E-state index in [9.17, 15) is 4.39 Å². The summed E-state index contributed by atoms with van der Waals surface area (Å²) in [7, 11) is -0.0501. The quantitative estimate of drug-likeness (QED) is 0.471. The first kappa shape index (κ1) is 17.1. The summed E-state index contributed by atoms with van der Waals surface area (Å²) in [6, 6.07) is 4.04. The van der Waals surface area contributed by atoms with Gasteiger partial charge in [-0.3, -0.25) is 0 Å². The van der Waals surface area contributed by atoms with Crippen LogP contribution in [-0.2, 0) is 20.8 Å². The van der Waals surface area contributed by atoms with Gasteiger partial charge in [0.25, 0.3) is 0 Å². The van der Waals surface area contributed by atoms with Crippen molar-refractivity contribution in [3.63, 3.8) is 0 Å². The molecule has 112 valence electrons. The molecule has 1 rings (SSSR count). The first-order valence-corrected chi connectivity index (χ1v) is 6.44. The fraction of sp³-hybridized carbons (Fsp3) is 0.538. The Kier molecular flexibility index (Phi) is 8.40. The van der Waals surface area contributed by atoms with Gasteiger partial charge in [-0.2, -0.15) is 0 Å². The lowest BCUT2D eigenvalue weighted by Gasteiger charge is -2.07. The van der Waals surface area contributed by atoms with E-state index in [0.717, 1.165) is 12.5 Å². The number of ether oxygens (including phenoxy) is 3. The molecule has 0 unspecified atom stereocenters. The molecule has 0 saturated heterocycles. The Morgan fingerprint density at radius 2 is 1.85 bits per heavy atom. The van der Waals surface area contributed by atoms with Crippen LogP contribution in [0.5, 0.6) is 0 Å². The van der Waals surface area contributed by atoms with Gasteiger partial charge in [0, 0.05) is 25.9 Å². The molecule has 1 aromatic carbocycles. The Labute approximate surface area is 118 Å². The van der Waals surface area contributed by atoms with E-state index in [2.05, 4.69) is 0 Å². The highest BCUT2D eigenvalue weighted by molar-refractivity contribution is 6.58. The van der Waals surface area contributed by atoms with E-state index in [1.807, 2.05) is 0 Å². The molecule has 0 aliphatic heterocycles. The van der Waals surface area contributed by atoms with E-state index in [-0.39, 0.29) is 12.1 Å². The smallest absolute Gasteiger partial charge is 0.423 e. The largest absolute Gasteiger partial charge is 0.488 e. The van der Waals surface area contributed by atoms with Crippen LogP contribution in [-0.4, -0.2) is 50.7 Å². The van der Waals surface area contributed by atoms with E-state index in [4.69, 9.17) is 24.3 Å². The second-order valence-electron chi connectivity index (χ2n) is 4.24. The molecule has 0 atom stereocenters. The third-order valence-corrected chi connectivity index (χ3v) is 2.64. The Morgan fingerprint density at radius 3 is 2.50 bits per heavy atom. The van der Waals surface area contributed by atoms with Crippen LogP contribution in [0.1, 0.15) is 12.0 Å². The standard InChI is InChI=1S/C13H20BFO5/c1-18-7-8-19-5-2-6-20-10-11-3-4-12(14(16)17)9-13(11)15/h3-4,9,16-17H,2,5-8,10H2,1H3. The zero-order valence-corrected chi connectivity index (χ0v) is 11.5. The average molecular weight is 286 g/mol. The van der Waals surface area contributed by atoms with Crippen molar-refractivity contribution in [3.8, 4) is 0 Å². The number of hydrogen-bond acceptors (Lipinski definition) is 5. The third-order valence-electron chi connectivity index (χ3n) is 2.64. The van der Waals surface area contributed by atoms with Crippen LogP contribution in [0.15, 0.2) is 18.2 Å². The number of rotatable bonds is 10. The summed E-state index contributed by atoms with van der Waals surface area (Å²) in [5.41, 5.74) is 0.507. The lowest BCUT2D eigenvalue weighted by Crippen LogP contribution is -2.30. The van der Waals surface area contributed by atoms with Gasteiger partial charge >= 0.3 is 7.12 Å². The van der Waals surface area contributed by atoms with Crippen LogP contribution in [0.3, 0.4) is 0 Å². The Hall–Kier alpha value is -0.985. The van der Waals surface area contributed by atoms with Crippen molar-refractivity contribution in [2.24, 2.45) is 0 Å². The molecule has 0 radical (unpaired) electrons. The van der Waals surface area contributed by atoms with Crippen molar-refractivity contribution in [1.29, 1.82) is 0 Å². The normalized spacial score (nSPS) is 10.8. The zero-order valence-electron chi connectivity index (χ0n) is 11.5. The van der Waals surface area contributed by atoms with Gasteiger partial charge in [0.15, 0.2) is 0 Å². The maximum atomic E-state index is 13.6. The van der Waals surface area contributed by atoms with E-state index < -0.39 is 12.9 Å². The van der Waals surface area contributed by atoms with Gasteiger partial charge in [0.05, 0.1) is 19.8 Å². The van der Waals surface area contributed by atoms with Crippen molar-refractivity contribution in [2.75, 3.05) is 33.5 Å². The van der Waals surface area contributed by atoms with Crippen molar-refractivity contribution in [1.82, 2.24) is 0 Å². The van der Waals surface area contributed by atoms with Gasteiger partial charge in [-0.15, -0.1) is 0 Å². The summed E-state index contributed by atoms with van der Waals surface area (Å²) >= 11 is 0. The summed E-state index contributed by atoms with van der Waals surface area (Å²) in [5.74, 6) is -0.507. The lowest BCUT2D eigenvalue weighted by molar-refractivity contribution is 0.0479. The molecular formula is C13H20BFO5. The molecule has 0 heterocycles. The predicted molar refractivity (Wildman–Crippen MR) is 73.2 cm³/mol. The number of hydrogen-bond donors (Lipinski definition) is 2. The predicted octanol–water partition coefficient (Wildman–Crippen LogP) is 0.0752. The highest BCUT2D eigenvalue weighted by Crippen LogP contribution is 2.07. The van der Waals surface area contributed by atoms with E-state index >= 15 is 0 Å². The van der Waals surface area contributed by atoms with Gasteiger partial charge in [-0.1, -0.05) is 12.1 Å². The lowest BCUT2D eigenvalue weighted by atomic mass is 9.80. The van der Waals surface area contributed by atoms with E-state index in [1.165, 1.54) is 12.1 Å². The van der Waals surface area contributed by atoms with Gasteiger partial charge in [0.1, 0.15) is 5.82 Å². The molecule has 0 amide bonds. The minimum atomic E-state index is -1.66. The topological polar surface area (TPSA) is 68.2 Å². The van der Waals surface area contributed by atoms with Crippen LogP contribution in [0.25, 0.3) is 0 Å². The summed E-state index contributed by atoms with van der Waals surface area (Å²) in [6.07, 6.45) is 0.721. The Morgan fingerprint density at radius 1 is 1.10 bits per heavy atom. The highest BCUT2D eigenvalue weighted by Gasteiger charge is 2.13. The SMILES string of the molecule is COCCOCCCOCc1ccc(B(O)O)cc1F. The molecule has 7 heteroatoms. The summed E-state index contributed by atoms with van der Waals surface area (Å²) in [5, 5.41) is 17.8. The first-order valence-electron chi connectivity index (χ1n) is 6.44. The van der Waals surface area contributed by atoms with Gasteiger partial charge in [0.2, 0.25) is 0 Å². The second kappa shape index (κ2) is 9.85. The maximum Gasteiger partial charge on any atom is 0.488 e. The van der Waals surface area contributed by atoms with Crippen LogP contribution >= 0.6 is 0 Å². The van der Waals surface area contributed by atoms with Gasteiger partial charge in [-0.05, 0) is 17.9 Å². The molecule has 0 spiro atoms. The molecule has 20 heavy (non-hydrogen) atoms. The number of methoxy groups -OCH3 is 1. The zero-order chi connectivity index (χ0) is 14.8.